The van der Waals surface area contributed by atoms with E-state index in [1.165, 1.54) is 0 Å². The normalized spacial score (nSPS) is 12.9. The second kappa shape index (κ2) is 4.09. The van der Waals surface area contributed by atoms with Gasteiger partial charge in [-0.05, 0) is 6.92 Å². The lowest BCUT2D eigenvalue weighted by molar-refractivity contribution is -0.119. The molecular formula is C4H9NOS2. The summed E-state index contributed by atoms with van der Waals surface area (Å²) in [6, 6.07) is 0. The molecule has 1 amide bonds. The third kappa shape index (κ3) is 3.21. The molecule has 1 N–H and O–H groups in total. The van der Waals surface area contributed by atoms with Gasteiger partial charge in [0.25, 0.3) is 0 Å². The monoisotopic (exact) mass is 151 g/mol. The first-order valence-electron chi connectivity index (χ1n) is 2.25. The van der Waals surface area contributed by atoms with Crippen LogP contribution in [0.15, 0.2) is 0 Å². The summed E-state index contributed by atoms with van der Waals surface area (Å²) in [6.07, 6.45) is 0. The van der Waals surface area contributed by atoms with Crippen molar-refractivity contribution in [1.82, 2.24) is 5.32 Å². The van der Waals surface area contributed by atoms with E-state index < -0.39 is 0 Å². The highest BCUT2D eigenvalue weighted by Crippen LogP contribution is 1.90. The molecule has 0 rings (SSSR count). The predicted molar refractivity (Wildman–Crippen MR) is 40.4 cm³/mol. The van der Waals surface area contributed by atoms with Gasteiger partial charge in [-0.2, -0.15) is 25.3 Å². The van der Waals surface area contributed by atoms with Crippen LogP contribution in [0.3, 0.4) is 0 Å². The Kier molecular flexibility index (Phi) is 4.18. The molecule has 48 valence electrons. The Balaban J connectivity index is 3.33. The number of carbonyl (C=O) groups excluding carboxylic acids is 1. The van der Waals surface area contributed by atoms with Crippen molar-refractivity contribution in [1.29, 1.82) is 0 Å². The zero-order valence-corrected chi connectivity index (χ0v) is 6.38. The van der Waals surface area contributed by atoms with E-state index in [2.05, 4.69) is 30.6 Å². The van der Waals surface area contributed by atoms with Crippen LogP contribution >= 0.6 is 25.3 Å². The third-order valence-electron chi connectivity index (χ3n) is 0.633. The van der Waals surface area contributed by atoms with Crippen LogP contribution in [0.2, 0.25) is 0 Å². The molecule has 0 aliphatic heterocycles. The summed E-state index contributed by atoms with van der Waals surface area (Å²) in [5.74, 6) is 0.298. The minimum absolute atomic E-state index is 0.0802. The van der Waals surface area contributed by atoms with Crippen molar-refractivity contribution in [2.24, 2.45) is 0 Å². The molecule has 0 spiro atoms. The van der Waals surface area contributed by atoms with Crippen molar-refractivity contribution < 1.29 is 4.79 Å². The van der Waals surface area contributed by atoms with Gasteiger partial charge in [-0.3, -0.25) is 4.79 Å². The molecule has 0 heterocycles. The minimum atomic E-state index is -0.234. The summed E-state index contributed by atoms with van der Waals surface area (Å²) >= 11 is 7.67. The van der Waals surface area contributed by atoms with Crippen LogP contribution in [0.5, 0.6) is 0 Å². The van der Waals surface area contributed by atoms with Gasteiger partial charge in [0, 0.05) is 0 Å². The second-order valence-corrected chi connectivity index (χ2v) is 2.47. The molecule has 2 nitrogen and oxygen atoms in total. The molecule has 0 aliphatic rings. The van der Waals surface area contributed by atoms with Gasteiger partial charge in [0.2, 0.25) is 5.91 Å². The van der Waals surface area contributed by atoms with Crippen LogP contribution in [0.1, 0.15) is 6.92 Å². The lowest BCUT2D eigenvalue weighted by Crippen LogP contribution is -2.28. The van der Waals surface area contributed by atoms with Gasteiger partial charge < -0.3 is 5.32 Å². The van der Waals surface area contributed by atoms with Crippen LogP contribution in [0.4, 0.5) is 0 Å². The summed E-state index contributed by atoms with van der Waals surface area (Å²) in [4.78, 5) is 10.5. The second-order valence-electron chi connectivity index (χ2n) is 1.38. The van der Waals surface area contributed by atoms with Gasteiger partial charge >= 0.3 is 0 Å². The summed E-state index contributed by atoms with van der Waals surface area (Å²) in [5, 5.41) is 2.26. The van der Waals surface area contributed by atoms with E-state index in [-0.39, 0.29) is 11.2 Å². The fourth-order valence-electron chi connectivity index (χ4n) is 0.226. The smallest absolute Gasteiger partial charge is 0.233 e. The molecule has 0 fully saturated rings. The molecule has 0 aromatic rings. The first-order valence-corrected chi connectivity index (χ1v) is 3.40. The molecule has 0 saturated carbocycles. The first-order chi connectivity index (χ1) is 3.68. The van der Waals surface area contributed by atoms with Crippen LogP contribution in [-0.2, 0) is 4.79 Å². The zero-order chi connectivity index (χ0) is 6.57. The highest BCUT2D eigenvalue weighted by atomic mass is 32.1. The van der Waals surface area contributed by atoms with Gasteiger partial charge in [0.05, 0.1) is 11.1 Å². The molecule has 0 radical (unpaired) electrons. The Morgan fingerprint density at radius 2 is 2.38 bits per heavy atom. The van der Waals surface area contributed by atoms with Crippen molar-refractivity contribution in [3.63, 3.8) is 0 Å². The maximum atomic E-state index is 10.5. The average Bonchev–Trinajstić information content (AvgIpc) is 1.67. The molecule has 0 saturated heterocycles. The van der Waals surface area contributed by atoms with Crippen molar-refractivity contribution in [2.45, 2.75) is 12.2 Å². The standard InChI is InChI=1S/C4H9NOS2/c1-3(8)4(6)5-2-7/h3,7-8H,2H2,1H3,(H,5,6). The average molecular weight is 151 g/mol. The number of hydrogen-bond donors (Lipinski definition) is 3. The molecule has 0 aromatic heterocycles. The molecule has 8 heavy (non-hydrogen) atoms. The first kappa shape index (κ1) is 8.17. The van der Waals surface area contributed by atoms with Crippen LogP contribution < -0.4 is 5.32 Å². The molecule has 1 unspecified atom stereocenters. The molecule has 0 bridgehead atoms. The number of rotatable bonds is 2. The third-order valence-corrected chi connectivity index (χ3v) is 1.03. The Bertz CT molecular complexity index is 84.1. The lowest BCUT2D eigenvalue weighted by Gasteiger charge is -2.01. The van der Waals surface area contributed by atoms with Crippen molar-refractivity contribution in [3.8, 4) is 0 Å². The summed E-state index contributed by atoms with van der Waals surface area (Å²) < 4.78 is 0. The molecule has 0 aromatic carbocycles. The molecule has 0 aliphatic carbocycles. The van der Waals surface area contributed by atoms with E-state index in [0.717, 1.165) is 0 Å². The zero-order valence-electron chi connectivity index (χ0n) is 4.59. The Morgan fingerprint density at radius 1 is 1.88 bits per heavy atom. The fraction of sp³-hybridized carbons (Fsp3) is 0.750. The largest absolute Gasteiger partial charge is 0.346 e. The van der Waals surface area contributed by atoms with Crippen LogP contribution in [-0.4, -0.2) is 17.0 Å². The molecule has 4 heteroatoms. The highest BCUT2D eigenvalue weighted by Gasteiger charge is 2.03. The maximum absolute atomic E-state index is 10.5. The van der Waals surface area contributed by atoms with Gasteiger partial charge in [0.15, 0.2) is 0 Å². The number of carbonyl (C=O) groups is 1. The van der Waals surface area contributed by atoms with Gasteiger partial charge in [0.1, 0.15) is 0 Å². The summed E-state index contributed by atoms with van der Waals surface area (Å²) in [6.45, 7) is 1.71. The van der Waals surface area contributed by atoms with E-state index in [0.29, 0.717) is 5.88 Å². The quantitative estimate of drug-likeness (QED) is 0.385. The number of amides is 1. The fourth-order valence-corrected chi connectivity index (χ4v) is 0.473. The molecular weight excluding hydrogens is 142 g/mol. The maximum Gasteiger partial charge on any atom is 0.233 e. The highest BCUT2D eigenvalue weighted by molar-refractivity contribution is 7.81. The van der Waals surface area contributed by atoms with E-state index in [9.17, 15) is 4.79 Å². The van der Waals surface area contributed by atoms with Gasteiger partial charge in [-0.25, -0.2) is 0 Å². The van der Waals surface area contributed by atoms with Crippen LogP contribution in [0, 0.1) is 0 Å². The van der Waals surface area contributed by atoms with E-state index in [1.807, 2.05) is 0 Å². The predicted octanol–water partition coefficient (Wildman–Crippen LogP) is 0.308. The van der Waals surface area contributed by atoms with Crippen LogP contribution in [0.25, 0.3) is 0 Å². The van der Waals surface area contributed by atoms with E-state index in [4.69, 9.17) is 0 Å². The van der Waals surface area contributed by atoms with E-state index >= 15 is 0 Å². The number of hydrogen-bond acceptors (Lipinski definition) is 3. The lowest BCUT2D eigenvalue weighted by atomic mass is 10.4. The topological polar surface area (TPSA) is 29.1 Å². The number of nitrogens with one attached hydrogen (secondary N) is 1. The van der Waals surface area contributed by atoms with Crippen molar-refractivity contribution in [2.75, 3.05) is 5.88 Å². The summed E-state index contributed by atoms with van der Waals surface area (Å²) in [5.41, 5.74) is 0. The Hall–Kier alpha value is 0.170. The summed E-state index contributed by atoms with van der Waals surface area (Å²) in [7, 11) is 0. The SMILES string of the molecule is CC(S)C(=O)NCS. The van der Waals surface area contributed by atoms with Crippen molar-refractivity contribution in [3.05, 3.63) is 0 Å². The van der Waals surface area contributed by atoms with Gasteiger partial charge in [-0.15, -0.1) is 0 Å². The van der Waals surface area contributed by atoms with Crippen molar-refractivity contribution >= 4 is 31.2 Å². The van der Waals surface area contributed by atoms with Gasteiger partial charge in [-0.1, -0.05) is 0 Å². The number of thiol groups is 2. The Labute approximate surface area is 59.9 Å². The minimum Gasteiger partial charge on any atom is -0.346 e. The van der Waals surface area contributed by atoms with E-state index in [1.54, 1.807) is 6.92 Å². The Morgan fingerprint density at radius 3 is 2.50 bits per heavy atom. The molecule has 1 atom stereocenters.